The average Bonchev–Trinajstić information content (AvgIpc) is 3.59. The molecule has 2 aliphatic heterocycles. The first-order valence-corrected chi connectivity index (χ1v) is 15.8. The number of carbonyl (C=O) groups excluding carboxylic acids is 1. The van der Waals surface area contributed by atoms with Crippen LogP contribution in [0.2, 0.25) is 0 Å². The van der Waals surface area contributed by atoms with Crippen molar-refractivity contribution in [3.8, 4) is 24.3 Å². The Morgan fingerprint density at radius 2 is 2.00 bits per heavy atom. The van der Waals surface area contributed by atoms with Crippen LogP contribution >= 0.6 is 11.3 Å². The summed E-state index contributed by atoms with van der Waals surface area (Å²) in [6.45, 7) is 2.29. The predicted molar refractivity (Wildman–Crippen MR) is 162 cm³/mol. The van der Waals surface area contributed by atoms with Gasteiger partial charge in [0.2, 0.25) is 5.88 Å². The maximum atomic E-state index is 14.4. The molecule has 0 unspecified atom stereocenters. The number of anilines is 1. The van der Waals surface area contributed by atoms with Crippen LogP contribution in [-0.2, 0) is 21.4 Å². The maximum absolute atomic E-state index is 14.4. The minimum atomic E-state index is -0.787. The Kier molecular flexibility index (Phi) is 7.97. The molecule has 0 amide bonds. The van der Waals surface area contributed by atoms with Crippen LogP contribution in [0.15, 0.2) is 11.6 Å². The Balaban J connectivity index is 1.41. The van der Waals surface area contributed by atoms with Crippen LogP contribution in [0.1, 0.15) is 91.2 Å². The van der Waals surface area contributed by atoms with E-state index in [1.807, 2.05) is 6.07 Å². The number of nitrogens with zero attached hydrogens (tertiary/aromatic N) is 4. The molecule has 3 atom stereocenters. The topological polar surface area (TPSA) is 140 Å². The average molecular weight is 587 g/mol. The molecule has 4 N–H and O–H groups in total. The molecule has 4 heterocycles. The molecule has 1 saturated carbocycles. The van der Waals surface area contributed by atoms with Crippen molar-refractivity contribution in [3.05, 3.63) is 39.2 Å². The number of carbonyl (C=O) groups is 1. The van der Waals surface area contributed by atoms with E-state index in [1.165, 1.54) is 11.3 Å². The third-order valence-electron chi connectivity index (χ3n) is 9.61. The van der Waals surface area contributed by atoms with Crippen molar-refractivity contribution in [3.63, 3.8) is 0 Å². The monoisotopic (exact) mass is 586 g/mol. The number of Topliss-reactive ketones (excluding diaryl/α,β-unsaturated/α-hetero) is 1. The third-order valence-corrected chi connectivity index (χ3v) is 10.7. The van der Waals surface area contributed by atoms with Crippen molar-refractivity contribution < 1.29 is 14.3 Å². The number of allylic oxidation sites excluding steroid dienone is 1. The highest BCUT2D eigenvalue weighted by Crippen LogP contribution is 2.52. The largest absolute Gasteiger partial charge is 0.459 e. The van der Waals surface area contributed by atoms with E-state index in [1.54, 1.807) is 0 Å². The molecule has 6 rings (SSSR count). The summed E-state index contributed by atoms with van der Waals surface area (Å²) in [5.41, 5.74) is 15.2. The van der Waals surface area contributed by atoms with Gasteiger partial charge in [-0.2, -0.15) is 10.2 Å². The highest BCUT2D eigenvalue weighted by Gasteiger charge is 2.49. The summed E-state index contributed by atoms with van der Waals surface area (Å²) in [4.78, 5) is 27.4. The third kappa shape index (κ3) is 4.96. The Morgan fingerprint density at radius 3 is 2.69 bits per heavy atom. The molecular formula is C32H38N6O3S. The smallest absolute Gasteiger partial charge is 0.218 e. The van der Waals surface area contributed by atoms with Gasteiger partial charge in [0.15, 0.2) is 17.7 Å². The van der Waals surface area contributed by atoms with Gasteiger partial charge < -0.3 is 20.9 Å². The second-order valence-corrected chi connectivity index (χ2v) is 13.1. The van der Waals surface area contributed by atoms with E-state index in [0.29, 0.717) is 60.3 Å². The number of nitriles is 1. The van der Waals surface area contributed by atoms with Gasteiger partial charge in [0.1, 0.15) is 11.1 Å². The summed E-state index contributed by atoms with van der Waals surface area (Å²) >= 11 is 1.44. The molecular weight excluding hydrogens is 548 g/mol. The number of nitrogens with two attached hydrogens (primary N) is 2. The van der Waals surface area contributed by atoms with E-state index in [2.05, 4.69) is 23.9 Å². The summed E-state index contributed by atoms with van der Waals surface area (Å²) in [5, 5.41) is 10.4. The van der Waals surface area contributed by atoms with Gasteiger partial charge in [-0.3, -0.25) is 9.69 Å². The highest BCUT2D eigenvalue weighted by atomic mass is 32.1. The molecule has 0 aromatic carbocycles. The number of hydrogen-bond donors (Lipinski definition) is 2. The minimum Gasteiger partial charge on any atom is -0.459 e. The van der Waals surface area contributed by atoms with Gasteiger partial charge in [0.05, 0.1) is 28.4 Å². The van der Waals surface area contributed by atoms with E-state index >= 15 is 0 Å². The molecule has 2 aromatic heterocycles. The summed E-state index contributed by atoms with van der Waals surface area (Å²) in [7, 11) is 2.06. The fourth-order valence-corrected chi connectivity index (χ4v) is 8.58. The lowest BCUT2D eigenvalue weighted by Gasteiger charge is -2.40. The zero-order valence-electron chi connectivity index (χ0n) is 24.2. The van der Waals surface area contributed by atoms with Crippen molar-refractivity contribution in [1.29, 1.82) is 5.26 Å². The van der Waals surface area contributed by atoms with Crippen molar-refractivity contribution in [2.75, 3.05) is 32.5 Å². The second-order valence-electron chi connectivity index (χ2n) is 12.0. The molecule has 220 valence electrons. The first-order chi connectivity index (χ1) is 20.4. The van der Waals surface area contributed by atoms with Crippen LogP contribution in [0.25, 0.3) is 5.70 Å². The molecule has 0 radical (unpaired) electrons. The van der Waals surface area contributed by atoms with E-state index < -0.39 is 11.5 Å². The molecule has 9 nitrogen and oxygen atoms in total. The van der Waals surface area contributed by atoms with Crippen molar-refractivity contribution >= 4 is 27.8 Å². The fraction of sp³-hybridized carbons (Fsp3) is 0.562. The molecule has 2 aliphatic carbocycles. The summed E-state index contributed by atoms with van der Waals surface area (Å²) < 4.78 is 12.0. The van der Waals surface area contributed by atoms with Gasteiger partial charge in [-0.1, -0.05) is 5.92 Å². The van der Waals surface area contributed by atoms with Crippen LogP contribution in [0.5, 0.6) is 5.88 Å². The zero-order chi connectivity index (χ0) is 29.4. The van der Waals surface area contributed by atoms with Crippen LogP contribution in [-0.4, -0.2) is 59.6 Å². The number of rotatable bonds is 5. The summed E-state index contributed by atoms with van der Waals surface area (Å²) in [6, 6.07) is 4.26. The molecule has 4 aliphatic rings. The number of aromatic nitrogens is 2. The highest BCUT2D eigenvalue weighted by molar-refractivity contribution is 7.16. The minimum absolute atomic E-state index is 0.0295. The number of ketones is 1. The molecule has 0 bridgehead atoms. The number of fused-ring (bicyclic) bond motifs is 2. The van der Waals surface area contributed by atoms with Gasteiger partial charge in [0.25, 0.3) is 0 Å². The molecule has 2 saturated heterocycles. The van der Waals surface area contributed by atoms with Crippen molar-refractivity contribution in [1.82, 2.24) is 14.9 Å². The quantitative estimate of drug-likeness (QED) is 0.392. The molecule has 2 aromatic rings. The lowest BCUT2D eigenvalue weighted by molar-refractivity contribution is -0.122. The Hall–Kier alpha value is -3.44. The molecule has 1 spiro atoms. The number of hydrogen-bond acceptors (Lipinski definition) is 10. The zero-order valence-corrected chi connectivity index (χ0v) is 25.0. The van der Waals surface area contributed by atoms with E-state index in [0.717, 1.165) is 67.6 Å². The van der Waals surface area contributed by atoms with Gasteiger partial charge in [-0.05, 0) is 83.4 Å². The Morgan fingerprint density at radius 1 is 1.24 bits per heavy atom. The number of terminal acetylenes is 1. The standard InChI is InChI=1S/C32H38N6O3S/c1-3-24(23-8-6-14-38(23)2)41-26-17-22(19-10-15-40-16-11-19)36-31(37-26)28(34)20-7-4-12-32(29(20)39)13-5-9-25-27(32)21(18-33)30(35)42-25/h1,17,19,23-24H,4-16,34-35H2,2H3/b28-20-/t23-,24-,32-/m0/s1. The van der Waals surface area contributed by atoms with Crippen LogP contribution in [0.4, 0.5) is 5.00 Å². The number of thiophene rings is 1. The number of likely N-dealkylation sites (N-methyl/N-ethyl adjacent to an activating group) is 1. The van der Waals surface area contributed by atoms with Crippen molar-refractivity contribution in [2.24, 2.45) is 5.73 Å². The lowest BCUT2D eigenvalue weighted by Crippen LogP contribution is -2.43. The second kappa shape index (κ2) is 11.7. The van der Waals surface area contributed by atoms with E-state index in [-0.39, 0.29) is 23.4 Å². The summed E-state index contributed by atoms with van der Waals surface area (Å²) in [6.07, 6.45) is 13.5. The van der Waals surface area contributed by atoms with E-state index in [4.69, 9.17) is 37.3 Å². The summed E-state index contributed by atoms with van der Waals surface area (Å²) in [5.74, 6) is 3.64. The Bertz CT molecular complexity index is 1500. The van der Waals surface area contributed by atoms with Crippen molar-refractivity contribution in [2.45, 2.75) is 87.7 Å². The number of ether oxygens (including phenoxy) is 2. The SMILES string of the molecule is C#C[C@H](Oc1cc(C2CCOCC2)nc(/C(N)=C2\CCC[C@@]3(CCCc4sc(N)c(C#N)c43)C2=O)n1)[C@@H]1CCCN1C. The molecule has 3 fully saturated rings. The van der Waals surface area contributed by atoms with Crippen LogP contribution in [0.3, 0.4) is 0 Å². The van der Waals surface area contributed by atoms with Gasteiger partial charge in [-0.25, -0.2) is 4.98 Å². The normalized spacial score (nSPS) is 26.8. The predicted octanol–water partition coefficient (Wildman–Crippen LogP) is 4.06. The number of likely N-dealkylation sites (tertiary alicyclic amines) is 1. The maximum Gasteiger partial charge on any atom is 0.218 e. The molecule has 10 heteroatoms. The molecule has 42 heavy (non-hydrogen) atoms. The first kappa shape index (κ1) is 28.7. The van der Waals surface area contributed by atoms with Gasteiger partial charge in [0, 0.05) is 35.6 Å². The van der Waals surface area contributed by atoms with Crippen LogP contribution < -0.4 is 16.2 Å². The van der Waals surface area contributed by atoms with Gasteiger partial charge >= 0.3 is 0 Å². The lowest BCUT2D eigenvalue weighted by atomic mass is 9.61. The van der Waals surface area contributed by atoms with Gasteiger partial charge in [-0.15, -0.1) is 17.8 Å². The first-order valence-electron chi connectivity index (χ1n) is 15.0. The van der Waals surface area contributed by atoms with Crippen LogP contribution in [0, 0.1) is 23.7 Å². The number of aryl methyl sites for hydroxylation is 1. The Labute approximate surface area is 251 Å². The number of nitrogen functional groups attached to an aromatic ring is 1. The fourth-order valence-electron chi connectivity index (χ4n) is 7.42. The van der Waals surface area contributed by atoms with E-state index in [9.17, 15) is 10.1 Å².